The number of hydrogen-bond acceptors (Lipinski definition) is 7. The molecule has 8 heteroatoms. The summed E-state index contributed by atoms with van der Waals surface area (Å²) in [6.45, 7) is 4.55. The van der Waals surface area contributed by atoms with Gasteiger partial charge in [-0.3, -0.25) is 14.5 Å². The normalized spacial score (nSPS) is 24.9. The van der Waals surface area contributed by atoms with Gasteiger partial charge in [0.25, 0.3) is 5.91 Å². The van der Waals surface area contributed by atoms with Crippen LogP contribution in [0.1, 0.15) is 36.5 Å². The van der Waals surface area contributed by atoms with Crippen molar-refractivity contribution in [2.75, 3.05) is 37.8 Å². The summed E-state index contributed by atoms with van der Waals surface area (Å²) in [5.74, 6) is -1.39. The molecule has 1 unspecified atom stereocenters. The number of carbonyl (C=O) groups is 3. The number of hydrogen-bond donors (Lipinski definition) is 0. The molecule has 3 heterocycles. The molecule has 0 aliphatic carbocycles. The van der Waals surface area contributed by atoms with E-state index >= 15 is 0 Å². The van der Waals surface area contributed by atoms with Crippen molar-refractivity contribution in [2.24, 2.45) is 0 Å². The maximum atomic E-state index is 13.0. The van der Waals surface area contributed by atoms with E-state index in [1.165, 1.54) is 4.90 Å². The molecule has 28 heavy (non-hydrogen) atoms. The van der Waals surface area contributed by atoms with Gasteiger partial charge in [0.15, 0.2) is 5.79 Å². The first-order valence-electron chi connectivity index (χ1n) is 9.69. The van der Waals surface area contributed by atoms with E-state index in [0.29, 0.717) is 57.0 Å². The van der Waals surface area contributed by atoms with Gasteiger partial charge < -0.3 is 14.2 Å². The molecule has 1 spiro atoms. The number of rotatable bonds is 4. The second kappa shape index (κ2) is 7.62. The number of ether oxygens (including phenoxy) is 3. The number of esters is 1. The Morgan fingerprint density at radius 3 is 2.39 bits per heavy atom. The van der Waals surface area contributed by atoms with Gasteiger partial charge in [0.2, 0.25) is 5.91 Å². The molecule has 1 aromatic rings. The van der Waals surface area contributed by atoms with Gasteiger partial charge in [-0.2, -0.15) is 0 Å². The van der Waals surface area contributed by atoms with Crippen molar-refractivity contribution >= 4 is 23.5 Å². The van der Waals surface area contributed by atoms with E-state index in [0.717, 1.165) is 0 Å². The van der Waals surface area contributed by atoms with E-state index in [9.17, 15) is 14.4 Å². The van der Waals surface area contributed by atoms with Crippen LogP contribution in [0.3, 0.4) is 0 Å². The first-order valence-corrected chi connectivity index (χ1v) is 9.69. The molecule has 8 nitrogen and oxygen atoms in total. The maximum Gasteiger partial charge on any atom is 0.338 e. The third kappa shape index (κ3) is 3.43. The third-order valence-electron chi connectivity index (χ3n) is 5.57. The average Bonchev–Trinajstić information content (AvgIpc) is 3.27. The number of amides is 2. The molecule has 1 atom stereocenters. The van der Waals surface area contributed by atoms with Gasteiger partial charge in [0, 0.05) is 25.9 Å². The zero-order chi connectivity index (χ0) is 19.7. The van der Waals surface area contributed by atoms with Gasteiger partial charge >= 0.3 is 5.97 Å². The van der Waals surface area contributed by atoms with E-state index in [-0.39, 0.29) is 18.2 Å². The Kier molecular flexibility index (Phi) is 5.18. The van der Waals surface area contributed by atoms with Crippen LogP contribution in [0.25, 0.3) is 0 Å². The van der Waals surface area contributed by atoms with Gasteiger partial charge in [-0.25, -0.2) is 9.69 Å². The van der Waals surface area contributed by atoms with Crippen LogP contribution in [0.15, 0.2) is 24.3 Å². The van der Waals surface area contributed by atoms with Crippen molar-refractivity contribution in [1.29, 1.82) is 0 Å². The van der Waals surface area contributed by atoms with Crippen molar-refractivity contribution in [3.05, 3.63) is 29.8 Å². The van der Waals surface area contributed by atoms with Crippen molar-refractivity contribution in [3.63, 3.8) is 0 Å². The monoisotopic (exact) mass is 388 g/mol. The van der Waals surface area contributed by atoms with Crippen molar-refractivity contribution in [1.82, 2.24) is 4.90 Å². The molecule has 0 aromatic heterocycles. The van der Waals surface area contributed by atoms with Crippen LogP contribution in [-0.4, -0.2) is 67.4 Å². The minimum atomic E-state index is -0.509. The van der Waals surface area contributed by atoms with E-state index in [2.05, 4.69) is 0 Å². The molecule has 0 radical (unpaired) electrons. The lowest BCUT2D eigenvalue weighted by Crippen LogP contribution is -2.51. The Hall–Kier alpha value is -2.29. The molecule has 3 aliphatic heterocycles. The van der Waals surface area contributed by atoms with Gasteiger partial charge in [-0.15, -0.1) is 0 Å². The van der Waals surface area contributed by atoms with Crippen molar-refractivity contribution in [2.45, 2.75) is 38.0 Å². The lowest BCUT2D eigenvalue weighted by atomic mass is 10.0. The SMILES string of the molecule is CCOC(=O)c1ccc(N2C(=O)CC(N3CCC4(CC3)OCCO4)C2=O)cc1. The molecule has 2 amide bonds. The quantitative estimate of drug-likeness (QED) is 0.568. The highest BCUT2D eigenvalue weighted by atomic mass is 16.7. The van der Waals surface area contributed by atoms with Crippen LogP contribution in [0, 0.1) is 0 Å². The van der Waals surface area contributed by atoms with Crippen molar-refractivity contribution < 1.29 is 28.6 Å². The highest BCUT2D eigenvalue weighted by Gasteiger charge is 2.47. The summed E-state index contributed by atoms with van der Waals surface area (Å²) in [6.07, 6.45) is 1.55. The van der Waals surface area contributed by atoms with Crippen molar-refractivity contribution in [3.8, 4) is 0 Å². The molecule has 3 saturated heterocycles. The highest BCUT2D eigenvalue weighted by molar-refractivity contribution is 6.22. The van der Waals surface area contributed by atoms with Crippen LogP contribution < -0.4 is 4.90 Å². The molecule has 0 N–H and O–H groups in total. The van der Waals surface area contributed by atoms with Crippen LogP contribution in [0.5, 0.6) is 0 Å². The Balaban J connectivity index is 1.43. The molecule has 3 fully saturated rings. The fraction of sp³-hybridized carbons (Fsp3) is 0.550. The van der Waals surface area contributed by atoms with Gasteiger partial charge in [0.1, 0.15) is 0 Å². The van der Waals surface area contributed by atoms with E-state index in [1.54, 1.807) is 31.2 Å². The lowest BCUT2D eigenvalue weighted by Gasteiger charge is -2.39. The Morgan fingerprint density at radius 2 is 1.79 bits per heavy atom. The van der Waals surface area contributed by atoms with E-state index in [4.69, 9.17) is 14.2 Å². The molecule has 0 bridgehead atoms. The third-order valence-corrected chi connectivity index (χ3v) is 5.57. The first kappa shape index (κ1) is 19.0. The zero-order valence-corrected chi connectivity index (χ0v) is 15.9. The number of carbonyl (C=O) groups excluding carboxylic acids is 3. The van der Waals surface area contributed by atoms with Gasteiger partial charge in [0.05, 0.1) is 43.5 Å². The number of piperidine rings is 1. The second-order valence-electron chi connectivity index (χ2n) is 7.20. The smallest absolute Gasteiger partial charge is 0.338 e. The summed E-state index contributed by atoms with van der Waals surface area (Å²) in [5, 5.41) is 0. The molecular weight excluding hydrogens is 364 g/mol. The summed E-state index contributed by atoms with van der Waals surface area (Å²) in [6, 6.07) is 5.89. The number of likely N-dealkylation sites (tertiary alicyclic amines) is 1. The number of benzene rings is 1. The van der Waals surface area contributed by atoms with E-state index < -0.39 is 17.8 Å². The maximum absolute atomic E-state index is 13.0. The summed E-state index contributed by atoms with van der Waals surface area (Å²) in [7, 11) is 0. The lowest BCUT2D eigenvalue weighted by molar-refractivity contribution is -0.188. The largest absolute Gasteiger partial charge is 0.462 e. The first-order chi connectivity index (χ1) is 13.5. The molecule has 3 aliphatic rings. The number of nitrogens with zero attached hydrogens (tertiary/aromatic N) is 2. The van der Waals surface area contributed by atoms with E-state index in [1.807, 2.05) is 4.90 Å². The fourth-order valence-electron chi connectivity index (χ4n) is 4.10. The Bertz CT molecular complexity index is 761. The summed E-state index contributed by atoms with van der Waals surface area (Å²) < 4.78 is 16.4. The van der Waals surface area contributed by atoms with Gasteiger partial charge in [-0.1, -0.05) is 0 Å². The zero-order valence-electron chi connectivity index (χ0n) is 15.9. The second-order valence-corrected chi connectivity index (χ2v) is 7.20. The highest BCUT2D eigenvalue weighted by Crippen LogP contribution is 2.34. The molecule has 4 rings (SSSR count). The minimum absolute atomic E-state index is 0.160. The van der Waals surface area contributed by atoms with Crippen LogP contribution in [0.2, 0.25) is 0 Å². The predicted octanol–water partition coefficient (Wildman–Crippen LogP) is 1.33. The van der Waals surface area contributed by atoms with Crippen LogP contribution in [0.4, 0.5) is 5.69 Å². The topological polar surface area (TPSA) is 85.4 Å². The van der Waals surface area contributed by atoms with Gasteiger partial charge in [-0.05, 0) is 31.2 Å². The standard InChI is InChI=1S/C20H24N2O6/c1-2-26-19(25)14-3-5-15(6-4-14)22-17(23)13-16(18(22)24)21-9-7-20(8-10-21)27-11-12-28-20/h3-6,16H,2,7-13H2,1H3. The number of anilines is 1. The Morgan fingerprint density at radius 1 is 1.14 bits per heavy atom. The number of imide groups is 1. The summed E-state index contributed by atoms with van der Waals surface area (Å²) >= 11 is 0. The van der Waals surface area contributed by atoms with Crippen LogP contribution >= 0.6 is 0 Å². The molecule has 1 aromatic carbocycles. The molecule has 150 valence electrons. The average molecular weight is 388 g/mol. The fourth-order valence-corrected chi connectivity index (χ4v) is 4.10. The molecular formula is C20H24N2O6. The van der Waals surface area contributed by atoms with Crippen LogP contribution in [-0.2, 0) is 23.8 Å². The summed E-state index contributed by atoms with van der Waals surface area (Å²) in [4.78, 5) is 40.5. The Labute approximate surface area is 163 Å². The minimum Gasteiger partial charge on any atom is -0.462 e. The predicted molar refractivity (Wildman–Crippen MR) is 98.7 cm³/mol. The summed E-state index contributed by atoms with van der Waals surface area (Å²) in [5.41, 5.74) is 0.862. The molecule has 0 saturated carbocycles.